The van der Waals surface area contributed by atoms with Crippen LogP contribution in [-0.2, 0) is 12.8 Å². The van der Waals surface area contributed by atoms with Crippen LogP contribution >= 0.6 is 0 Å². The Morgan fingerprint density at radius 2 is 1.79 bits per heavy atom. The van der Waals surface area contributed by atoms with Crippen molar-refractivity contribution in [1.82, 2.24) is 15.0 Å². The average Bonchev–Trinajstić information content (AvgIpc) is 3.53. The van der Waals surface area contributed by atoms with Crippen molar-refractivity contribution in [1.29, 1.82) is 0 Å². The monoisotopic (exact) mass is 444 g/mol. The number of H-pyrrole nitrogens is 1. The Kier molecular flexibility index (Phi) is 4.40. The lowest BCUT2D eigenvalue weighted by Gasteiger charge is -2.36. The Labute approximate surface area is 198 Å². The highest BCUT2D eigenvalue weighted by Gasteiger charge is 2.34. The van der Waals surface area contributed by atoms with Crippen LogP contribution in [0.2, 0.25) is 0 Å². The summed E-state index contributed by atoms with van der Waals surface area (Å²) in [5.74, 6) is 1.76. The van der Waals surface area contributed by atoms with Crippen LogP contribution in [0.15, 0.2) is 85.1 Å². The number of ether oxygens (including phenoxy) is 1. The molecule has 0 saturated heterocycles. The highest BCUT2D eigenvalue weighted by Crippen LogP contribution is 2.41. The van der Waals surface area contributed by atoms with Gasteiger partial charge in [-0.15, -0.1) is 0 Å². The fourth-order valence-electron chi connectivity index (χ4n) is 5.44. The molecule has 5 aromatic rings. The first-order valence-electron chi connectivity index (χ1n) is 11.9. The van der Waals surface area contributed by atoms with E-state index in [4.69, 9.17) is 14.7 Å². The maximum atomic E-state index is 5.79. The molecule has 7 rings (SSSR count). The van der Waals surface area contributed by atoms with Gasteiger partial charge >= 0.3 is 0 Å². The molecular formula is C29H24N4O. The van der Waals surface area contributed by atoms with Gasteiger partial charge in [-0.1, -0.05) is 54.6 Å². The molecule has 2 aliphatic rings. The average molecular weight is 445 g/mol. The number of aromatic nitrogens is 3. The Bertz CT molecular complexity index is 1510. The summed E-state index contributed by atoms with van der Waals surface area (Å²) in [6, 6.07) is 27.5. The maximum absolute atomic E-state index is 5.79. The standard InChI is InChI=1S/C29H24N4O/c1-2-6-19(7-3-1)24-12-15-30-29(32-24)33-16-13-23-22-8-4-5-9-25(22)31-27(23)28(33)21-10-11-26-20(18-21)14-17-34-26/h1-12,15,18,28,31H,13-14,16-17H2. The maximum Gasteiger partial charge on any atom is 0.226 e. The summed E-state index contributed by atoms with van der Waals surface area (Å²) in [5.41, 5.74) is 8.37. The summed E-state index contributed by atoms with van der Waals surface area (Å²) in [6.45, 7) is 1.61. The van der Waals surface area contributed by atoms with Gasteiger partial charge in [-0.2, -0.15) is 0 Å². The second kappa shape index (κ2) is 7.73. The molecule has 5 heteroatoms. The number of nitrogens with zero attached hydrogens (tertiary/aromatic N) is 3. The van der Waals surface area contributed by atoms with E-state index in [-0.39, 0.29) is 6.04 Å². The SMILES string of the molecule is c1ccc(-c2ccnc(N3CCc4c([nH]c5ccccc45)C3c3ccc4c(c3)CCO4)n2)cc1. The van der Waals surface area contributed by atoms with E-state index in [1.54, 1.807) is 0 Å². The third-order valence-corrected chi connectivity index (χ3v) is 7.03. The normalized spacial score (nSPS) is 16.8. The lowest BCUT2D eigenvalue weighted by Crippen LogP contribution is -2.37. The molecule has 2 aromatic heterocycles. The number of aromatic amines is 1. The van der Waals surface area contributed by atoms with Crippen molar-refractivity contribution in [2.75, 3.05) is 18.1 Å². The summed E-state index contributed by atoms with van der Waals surface area (Å²) in [6.07, 6.45) is 3.78. The number of hydrogen-bond donors (Lipinski definition) is 1. The zero-order valence-corrected chi connectivity index (χ0v) is 18.7. The molecular weight excluding hydrogens is 420 g/mol. The van der Waals surface area contributed by atoms with E-state index in [1.807, 2.05) is 30.5 Å². The smallest absolute Gasteiger partial charge is 0.226 e. The molecule has 34 heavy (non-hydrogen) atoms. The van der Waals surface area contributed by atoms with E-state index in [0.29, 0.717) is 0 Å². The van der Waals surface area contributed by atoms with Gasteiger partial charge in [0.1, 0.15) is 5.75 Å². The van der Waals surface area contributed by atoms with E-state index in [1.165, 1.54) is 33.3 Å². The van der Waals surface area contributed by atoms with Gasteiger partial charge in [-0.05, 0) is 47.4 Å². The van der Waals surface area contributed by atoms with E-state index >= 15 is 0 Å². The summed E-state index contributed by atoms with van der Waals surface area (Å²) >= 11 is 0. The number of hydrogen-bond acceptors (Lipinski definition) is 4. The number of anilines is 1. The van der Waals surface area contributed by atoms with Gasteiger partial charge in [0.25, 0.3) is 0 Å². The number of benzene rings is 3. The van der Waals surface area contributed by atoms with Gasteiger partial charge in [0.15, 0.2) is 0 Å². The molecule has 1 atom stereocenters. The minimum Gasteiger partial charge on any atom is -0.493 e. The molecule has 0 saturated carbocycles. The molecule has 0 fully saturated rings. The minimum atomic E-state index is 0.00748. The van der Waals surface area contributed by atoms with Gasteiger partial charge < -0.3 is 14.6 Å². The Morgan fingerprint density at radius 1 is 0.912 bits per heavy atom. The number of rotatable bonds is 3. The molecule has 0 amide bonds. The molecule has 0 bridgehead atoms. The van der Waals surface area contributed by atoms with Crippen LogP contribution in [0.1, 0.15) is 28.4 Å². The predicted octanol–water partition coefficient (Wildman–Crippen LogP) is 5.71. The van der Waals surface area contributed by atoms with E-state index in [2.05, 4.69) is 64.5 Å². The Morgan fingerprint density at radius 3 is 2.74 bits per heavy atom. The van der Waals surface area contributed by atoms with Crippen molar-refractivity contribution in [3.05, 3.63) is 107 Å². The molecule has 1 unspecified atom stereocenters. The zero-order chi connectivity index (χ0) is 22.5. The Hall–Kier alpha value is -4.12. The van der Waals surface area contributed by atoms with Crippen molar-refractivity contribution in [3.8, 4) is 17.0 Å². The highest BCUT2D eigenvalue weighted by molar-refractivity contribution is 5.86. The molecule has 0 aliphatic carbocycles. The molecule has 0 spiro atoms. The summed E-state index contributed by atoms with van der Waals surface area (Å²) in [5, 5.41) is 1.31. The van der Waals surface area contributed by atoms with Crippen molar-refractivity contribution in [3.63, 3.8) is 0 Å². The summed E-state index contributed by atoms with van der Waals surface area (Å²) < 4.78 is 5.79. The molecule has 2 aliphatic heterocycles. The topological polar surface area (TPSA) is 54.0 Å². The van der Waals surface area contributed by atoms with E-state index in [0.717, 1.165) is 48.9 Å². The van der Waals surface area contributed by atoms with Crippen LogP contribution in [-0.4, -0.2) is 28.1 Å². The third-order valence-electron chi connectivity index (χ3n) is 7.03. The van der Waals surface area contributed by atoms with Crippen LogP contribution in [0.3, 0.4) is 0 Å². The highest BCUT2D eigenvalue weighted by atomic mass is 16.5. The fraction of sp³-hybridized carbons (Fsp3) is 0.172. The molecule has 0 radical (unpaired) electrons. The lowest BCUT2D eigenvalue weighted by molar-refractivity contribution is 0.357. The molecule has 5 nitrogen and oxygen atoms in total. The van der Waals surface area contributed by atoms with Crippen molar-refractivity contribution in [2.45, 2.75) is 18.9 Å². The van der Waals surface area contributed by atoms with Gasteiger partial charge in [-0.3, -0.25) is 0 Å². The van der Waals surface area contributed by atoms with Crippen molar-refractivity contribution < 1.29 is 4.74 Å². The van der Waals surface area contributed by atoms with Gasteiger partial charge in [0.2, 0.25) is 5.95 Å². The van der Waals surface area contributed by atoms with Crippen molar-refractivity contribution >= 4 is 16.9 Å². The van der Waals surface area contributed by atoms with Gasteiger partial charge in [-0.25, -0.2) is 9.97 Å². The summed E-state index contributed by atoms with van der Waals surface area (Å²) in [7, 11) is 0. The van der Waals surface area contributed by atoms with Crippen LogP contribution in [0, 0.1) is 0 Å². The first-order valence-corrected chi connectivity index (χ1v) is 11.9. The quantitative estimate of drug-likeness (QED) is 0.387. The van der Waals surface area contributed by atoms with Crippen molar-refractivity contribution in [2.24, 2.45) is 0 Å². The molecule has 166 valence electrons. The van der Waals surface area contributed by atoms with E-state index < -0.39 is 0 Å². The van der Waals surface area contributed by atoms with Crippen LogP contribution < -0.4 is 9.64 Å². The fourth-order valence-corrected chi connectivity index (χ4v) is 5.44. The van der Waals surface area contributed by atoms with Gasteiger partial charge in [0, 0.05) is 41.3 Å². The van der Waals surface area contributed by atoms with E-state index in [9.17, 15) is 0 Å². The van der Waals surface area contributed by atoms with Crippen LogP contribution in [0.25, 0.3) is 22.2 Å². The zero-order valence-electron chi connectivity index (χ0n) is 18.7. The third kappa shape index (κ3) is 3.08. The van der Waals surface area contributed by atoms with Gasteiger partial charge in [0.05, 0.1) is 18.3 Å². The Balaban J connectivity index is 1.39. The molecule has 1 N–H and O–H groups in total. The number of nitrogens with one attached hydrogen (secondary N) is 1. The predicted molar refractivity (Wildman–Crippen MR) is 134 cm³/mol. The number of para-hydroxylation sites is 1. The second-order valence-electron chi connectivity index (χ2n) is 8.98. The lowest BCUT2D eigenvalue weighted by atomic mass is 9.91. The molecule has 3 aromatic carbocycles. The minimum absolute atomic E-state index is 0.00748. The molecule has 4 heterocycles. The first-order chi connectivity index (χ1) is 16.8. The van der Waals surface area contributed by atoms with Crippen LogP contribution in [0.5, 0.6) is 5.75 Å². The van der Waals surface area contributed by atoms with Crippen LogP contribution in [0.4, 0.5) is 5.95 Å². The largest absolute Gasteiger partial charge is 0.493 e. The second-order valence-corrected chi connectivity index (χ2v) is 8.98. The first kappa shape index (κ1) is 19.4. The summed E-state index contributed by atoms with van der Waals surface area (Å²) in [4.78, 5) is 15.9. The number of fused-ring (bicyclic) bond motifs is 4.